The fourth-order valence-electron chi connectivity index (χ4n) is 3.24. The molecular weight excluding hydrogens is 342 g/mol. The molecule has 0 spiro atoms. The van der Waals surface area contributed by atoms with Crippen molar-refractivity contribution in [1.29, 1.82) is 0 Å². The maximum atomic E-state index is 11.8. The van der Waals surface area contributed by atoms with Gasteiger partial charge in [-0.3, -0.25) is 4.79 Å². The number of rotatable bonds is 5. The number of carbonyl (C=O) groups excluding carboxylic acids is 1. The van der Waals surface area contributed by atoms with E-state index in [1.54, 1.807) is 6.07 Å². The number of carbonyl (C=O) groups is 1. The number of aromatic nitrogens is 2. The lowest BCUT2D eigenvalue weighted by molar-refractivity contribution is -0.936. The molecule has 2 heterocycles. The Morgan fingerprint density at radius 1 is 1.40 bits per heavy atom. The number of piperidine rings is 1. The molecule has 1 atom stereocenters. The fourth-order valence-corrected chi connectivity index (χ4v) is 3.43. The lowest BCUT2D eigenvalue weighted by atomic mass is 9.96. The smallest absolute Gasteiger partial charge is 0.309 e. The van der Waals surface area contributed by atoms with Crippen molar-refractivity contribution in [2.24, 2.45) is 5.92 Å². The number of ether oxygens (including phenoxy) is 1. The van der Waals surface area contributed by atoms with Gasteiger partial charge in [0, 0.05) is 23.4 Å². The Hall–Kier alpha value is -1.92. The molecule has 1 saturated heterocycles. The molecule has 0 radical (unpaired) electrons. The van der Waals surface area contributed by atoms with Gasteiger partial charge in [0.05, 0.1) is 25.6 Å². The molecule has 6 nitrogen and oxygen atoms in total. The van der Waals surface area contributed by atoms with Gasteiger partial charge < -0.3 is 14.1 Å². The van der Waals surface area contributed by atoms with Crippen molar-refractivity contribution in [3.63, 3.8) is 0 Å². The molecule has 1 aliphatic heterocycles. The molecule has 1 aliphatic rings. The van der Waals surface area contributed by atoms with Gasteiger partial charge in [-0.05, 0) is 32.0 Å². The highest BCUT2D eigenvalue weighted by atomic mass is 35.5. The first-order chi connectivity index (χ1) is 12.1. The van der Waals surface area contributed by atoms with E-state index in [9.17, 15) is 4.79 Å². The standard InChI is InChI=1S/C18H22ClN3O3/c1-3-24-18(23)13-7-9-22(10-8-13)12(2)16-20-21-17(25-16)14-5-4-6-15(19)11-14/h4-6,11-13H,3,7-10H2,1-2H3/p+1/t12-/m0/s1. The zero-order valence-corrected chi connectivity index (χ0v) is 15.3. The van der Waals surface area contributed by atoms with Crippen LogP contribution in [0.15, 0.2) is 28.7 Å². The van der Waals surface area contributed by atoms with Gasteiger partial charge >= 0.3 is 5.97 Å². The Kier molecular flexibility index (Phi) is 5.71. The summed E-state index contributed by atoms with van der Waals surface area (Å²) in [5.74, 6) is 1.03. The van der Waals surface area contributed by atoms with Crippen molar-refractivity contribution < 1.29 is 18.8 Å². The van der Waals surface area contributed by atoms with Gasteiger partial charge in [-0.15, -0.1) is 10.2 Å². The van der Waals surface area contributed by atoms with Gasteiger partial charge in [0.1, 0.15) is 0 Å². The van der Waals surface area contributed by atoms with E-state index in [2.05, 4.69) is 17.1 Å². The lowest BCUT2D eigenvalue weighted by Crippen LogP contribution is -3.13. The third-order valence-corrected chi connectivity index (χ3v) is 4.98. The maximum Gasteiger partial charge on any atom is 0.309 e. The van der Waals surface area contributed by atoms with E-state index in [0.29, 0.717) is 23.4 Å². The fraction of sp³-hybridized carbons (Fsp3) is 0.500. The van der Waals surface area contributed by atoms with E-state index in [0.717, 1.165) is 31.5 Å². The van der Waals surface area contributed by atoms with Crippen LogP contribution in [0.3, 0.4) is 0 Å². The Labute approximate surface area is 152 Å². The van der Waals surface area contributed by atoms with Crippen LogP contribution in [-0.2, 0) is 9.53 Å². The Balaban J connectivity index is 1.63. The van der Waals surface area contributed by atoms with Gasteiger partial charge in [-0.2, -0.15) is 0 Å². The van der Waals surface area contributed by atoms with E-state index in [1.807, 2.05) is 25.1 Å². The van der Waals surface area contributed by atoms with Crippen molar-refractivity contribution in [3.8, 4) is 11.5 Å². The average molecular weight is 365 g/mol. The molecule has 7 heteroatoms. The van der Waals surface area contributed by atoms with Crippen LogP contribution in [0.4, 0.5) is 0 Å². The number of nitrogens with one attached hydrogen (secondary N) is 1. The van der Waals surface area contributed by atoms with E-state index < -0.39 is 0 Å². The number of esters is 1. The number of hydrogen-bond donors (Lipinski definition) is 1. The van der Waals surface area contributed by atoms with Crippen molar-refractivity contribution in [1.82, 2.24) is 10.2 Å². The van der Waals surface area contributed by atoms with Crippen LogP contribution >= 0.6 is 11.6 Å². The number of quaternary nitrogens is 1. The van der Waals surface area contributed by atoms with Crippen LogP contribution < -0.4 is 4.90 Å². The van der Waals surface area contributed by atoms with E-state index in [1.165, 1.54) is 4.90 Å². The van der Waals surface area contributed by atoms with Crippen molar-refractivity contribution >= 4 is 17.6 Å². The molecule has 0 unspecified atom stereocenters. The van der Waals surface area contributed by atoms with Crippen LogP contribution in [0.2, 0.25) is 5.02 Å². The molecule has 3 rings (SSSR count). The van der Waals surface area contributed by atoms with E-state index in [4.69, 9.17) is 20.8 Å². The van der Waals surface area contributed by atoms with Gasteiger partial charge in [0.15, 0.2) is 6.04 Å². The third kappa shape index (κ3) is 4.19. The highest BCUT2D eigenvalue weighted by Gasteiger charge is 2.33. The zero-order chi connectivity index (χ0) is 17.8. The summed E-state index contributed by atoms with van der Waals surface area (Å²) in [5, 5.41) is 8.99. The predicted molar refractivity (Wildman–Crippen MR) is 93.2 cm³/mol. The second-order valence-electron chi connectivity index (χ2n) is 6.36. The minimum absolute atomic E-state index is 0.0145. The van der Waals surface area contributed by atoms with Crippen LogP contribution in [0.5, 0.6) is 0 Å². The molecule has 25 heavy (non-hydrogen) atoms. The quantitative estimate of drug-likeness (QED) is 0.824. The maximum absolute atomic E-state index is 11.8. The van der Waals surface area contributed by atoms with Crippen LogP contribution in [0.25, 0.3) is 11.5 Å². The zero-order valence-electron chi connectivity index (χ0n) is 14.5. The summed E-state index contributed by atoms with van der Waals surface area (Å²) in [6, 6.07) is 7.45. The minimum Gasteiger partial charge on any atom is -0.466 e. The third-order valence-electron chi connectivity index (χ3n) is 4.74. The topological polar surface area (TPSA) is 69.7 Å². The summed E-state index contributed by atoms with van der Waals surface area (Å²) in [5.41, 5.74) is 0.814. The monoisotopic (exact) mass is 364 g/mol. The van der Waals surface area contributed by atoms with E-state index in [-0.39, 0.29) is 17.9 Å². The molecule has 1 fully saturated rings. The van der Waals surface area contributed by atoms with Crippen molar-refractivity contribution in [2.45, 2.75) is 32.7 Å². The largest absolute Gasteiger partial charge is 0.466 e. The summed E-state index contributed by atoms with van der Waals surface area (Å²) in [7, 11) is 0. The minimum atomic E-state index is -0.0739. The molecule has 134 valence electrons. The summed E-state index contributed by atoms with van der Waals surface area (Å²) >= 11 is 6.02. The van der Waals surface area contributed by atoms with Crippen LogP contribution in [0.1, 0.15) is 38.6 Å². The van der Waals surface area contributed by atoms with Crippen molar-refractivity contribution in [2.75, 3.05) is 19.7 Å². The molecule has 0 amide bonds. The van der Waals surface area contributed by atoms with Crippen LogP contribution in [-0.4, -0.2) is 35.9 Å². The Bertz CT molecular complexity index is 726. The molecule has 1 aromatic heterocycles. The summed E-state index contributed by atoms with van der Waals surface area (Å²) in [4.78, 5) is 13.2. The molecule has 2 aromatic rings. The molecule has 1 aromatic carbocycles. The Morgan fingerprint density at radius 3 is 2.84 bits per heavy atom. The predicted octanol–water partition coefficient (Wildman–Crippen LogP) is 2.31. The molecule has 0 bridgehead atoms. The number of likely N-dealkylation sites (tertiary alicyclic amines) is 1. The summed E-state index contributed by atoms with van der Waals surface area (Å²) < 4.78 is 11.0. The van der Waals surface area contributed by atoms with Gasteiger partial charge in [-0.25, -0.2) is 0 Å². The lowest BCUT2D eigenvalue weighted by Gasteiger charge is -2.30. The summed E-state index contributed by atoms with van der Waals surface area (Å²) in [6.07, 6.45) is 1.65. The summed E-state index contributed by atoms with van der Waals surface area (Å²) in [6.45, 7) is 6.14. The Morgan fingerprint density at radius 2 is 2.16 bits per heavy atom. The molecule has 1 N–H and O–H groups in total. The molecule has 0 saturated carbocycles. The number of hydrogen-bond acceptors (Lipinski definition) is 5. The number of nitrogens with zero attached hydrogens (tertiary/aromatic N) is 2. The van der Waals surface area contributed by atoms with Crippen molar-refractivity contribution in [3.05, 3.63) is 35.2 Å². The highest BCUT2D eigenvalue weighted by molar-refractivity contribution is 6.30. The first-order valence-electron chi connectivity index (χ1n) is 8.69. The first kappa shape index (κ1) is 17.9. The second kappa shape index (κ2) is 7.97. The molecular formula is C18H23ClN3O3+. The van der Waals surface area contributed by atoms with Crippen LogP contribution in [0, 0.1) is 5.92 Å². The molecule has 0 aliphatic carbocycles. The van der Waals surface area contributed by atoms with E-state index >= 15 is 0 Å². The average Bonchev–Trinajstić information content (AvgIpc) is 3.11. The normalized spacial score (nSPS) is 21.7. The highest BCUT2D eigenvalue weighted by Crippen LogP contribution is 2.23. The number of halogens is 1. The SMILES string of the molecule is CCOC(=O)C1CC[NH+]([C@@H](C)c2nnc(-c3cccc(Cl)c3)o2)CC1. The van der Waals surface area contributed by atoms with Gasteiger partial charge in [-0.1, -0.05) is 17.7 Å². The first-order valence-corrected chi connectivity index (χ1v) is 9.06. The number of benzene rings is 1. The van der Waals surface area contributed by atoms with Gasteiger partial charge in [0.2, 0.25) is 5.89 Å². The van der Waals surface area contributed by atoms with Gasteiger partial charge in [0.25, 0.3) is 5.89 Å². The second-order valence-corrected chi connectivity index (χ2v) is 6.80.